The predicted molar refractivity (Wildman–Crippen MR) is 102 cm³/mol. The zero-order valence-corrected chi connectivity index (χ0v) is 16.0. The molecule has 2 aromatic rings. The third-order valence-electron chi connectivity index (χ3n) is 5.52. The van der Waals surface area contributed by atoms with E-state index in [1.54, 1.807) is 0 Å². The number of carbonyl (C=O) groups is 1. The number of Topliss-reactive ketones (excluding diaryl/α,β-unsaturated/α-hetero) is 1. The molecule has 2 heterocycles. The van der Waals surface area contributed by atoms with Gasteiger partial charge in [-0.2, -0.15) is 0 Å². The molecule has 1 fully saturated rings. The van der Waals surface area contributed by atoms with Gasteiger partial charge in [-0.1, -0.05) is 52.7 Å². The molecule has 0 N–H and O–H groups in total. The van der Waals surface area contributed by atoms with Crippen molar-refractivity contribution < 1.29 is 9.53 Å². The maximum Gasteiger partial charge on any atom is 0.190 e. The van der Waals surface area contributed by atoms with Crippen LogP contribution in [0.2, 0.25) is 0 Å². The molecule has 4 rings (SSSR count). The fraction of sp³-hybridized carbons (Fsp3) is 0.381. The number of ether oxygens (including phenoxy) is 1. The molecule has 0 spiro atoms. The Bertz CT molecular complexity index is 786. The van der Waals surface area contributed by atoms with E-state index in [0.717, 1.165) is 36.0 Å². The number of likely N-dealkylation sites (tertiary alicyclic amines) is 1. The van der Waals surface area contributed by atoms with E-state index >= 15 is 0 Å². The lowest BCUT2D eigenvalue weighted by Gasteiger charge is -2.49. The molecule has 130 valence electrons. The number of hydrogen-bond donors (Lipinski definition) is 0. The highest BCUT2D eigenvalue weighted by Gasteiger charge is 2.52. The van der Waals surface area contributed by atoms with Gasteiger partial charge in [0.25, 0.3) is 0 Å². The maximum atomic E-state index is 13.6. The molecule has 2 aliphatic heterocycles. The smallest absolute Gasteiger partial charge is 0.190 e. The van der Waals surface area contributed by atoms with Crippen LogP contribution >= 0.6 is 15.9 Å². The molecule has 0 aromatic heterocycles. The van der Waals surface area contributed by atoms with E-state index in [4.69, 9.17) is 4.74 Å². The molecule has 2 aromatic carbocycles. The summed E-state index contributed by atoms with van der Waals surface area (Å²) < 4.78 is 7.33. The van der Waals surface area contributed by atoms with Crippen LogP contribution in [0.3, 0.4) is 0 Å². The van der Waals surface area contributed by atoms with Crippen molar-refractivity contribution in [2.24, 2.45) is 0 Å². The number of benzene rings is 2. The van der Waals surface area contributed by atoms with Crippen LogP contribution in [0.15, 0.2) is 53.0 Å². The molecule has 4 heteroatoms. The first-order valence-corrected chi connectivity index (χ1v) is 9.71. The van der Waals surface area contributed by atoms with Crippen molar-refractivity contribution in [3.05, 3.63) is 64.1 Å². The average molecular weight is 400 g/mol. The van der Waals surface area contributed by atoms with Gasteiger partial charge in [0.05, 0.1) is 5.56 Å². The second kappa shape index (κ2) is 6.58. The Morgan fingerprint density at radius 2 is 1.80 bits per heavy atom. The van der Waals surface area contributed by atoms with E-state index in [-0.39, 0.29) is 11.9 Å². The number of halogens is 1. The second-order valence-corrected chi connectivity index (χ2v) is 7.99. The highest BCUT2D eigenvalue weighted by atomic mass is 79.9. The number of piperidine rings is 1. The molecule has 2 atom stereocenters. The first-order valence-electron chi connectivity index (χ1n) is 8.92. The minimum Gasteiger partial charge on any atom is -0.483 e. The van der Waals surface area contributed by atoms with Crippen molar-refractivity contribution in [1.82, 2.24) is 4.90 Å². The minimum absolute atomic E-state index is 0.158. The number of hydrogen-bond acceptors (Lipinski definition) is 3. The quantitative estimate of drug-likeness (QED) is 0.710. The van der Waals surface area contributed by atoms with E-state index in [0.29, 0.717) is 11.3 Å². The van der Waals surface area contributed by atoms with Gasteiger partial charge in [0, 0.05) is 4.47 Å². The fourth-order valence-corrected chi connectivity index (χ4v) is 4.47. The zero-order valence-electron chi connectivity index (χ0n) is 14.4. The standard InChI is InChI=1S/C21H22BrNO2/c1-21(23-12-6-3-7-13-23)19(24)17-14-16(22)10-11-18(17)25-20(21)15-8-4-2-5-9-15/h2,4-5,8-11,14,20H,3,6-7,12-13H2,1H3/t20-,21-/m1/s1. The second-order valence-electron chi connectivity index (χ2n) is 7.07. The van der Waals surface area contributed by atoms with Crippen molar-refractivity contribution in [2.75, 3.05) is 13.1 Å². The van der Waals surface area contributed by atoms with E-state index in [1.165, 1.54) is 6.42 Å². The summed E-state index contributed by atoms with van der Waals surface area (Å²) in [6, 6.07) is 15.8. The van der Waals surface area contributed by atoms with Crippen molar-refractivity contribution in [1.29, 1.82) is 0 Å². The lowest BCUT2D eigenvalue weighted by Crippen LogP contribution is -2.60. The third-order valence-corrected chi connectivity index (χ3v) is 6.01. The Kier molecular flexibility index (Phi) is 4.42. The van der Waals surface area contributed by atoms with Crippen molar-refractivity contribution in [2.45, 2.75) is 37.8 Å². The monoisotopic (exact) mass is 399 g/mol. The third kappa shape index (κ3) is 2.81. The summed E-state index contributed by atoms with van der Waals surface area (Å²) in [4.78, 5) is 16.0. The van der Waals surface area contributed by atoms with Gasteiger partial charge in [-0.15, -0.1) is 0 Å². The van der Waals surface area contributed by atoms with Gasteiger partial charge in [-0.25, -0.2) is 0 Å². The van der Waals surface area contributed by atoms with Gasteiger partial charge in [-0.3, -0.25) is 9.69 Å². The lowest BCUT2D eigenvalue weighted by atomic mass is 9.77. The molecule has 1 saturated heterocycles. The minimum atomic E-state index is -0.685. The number of nitrogens with zero attached hydrogens (tertiary/aromatic N) is 1. The Morgan fingerprint density at radius 1 is 1.08 bits per heavy atom. The molecule has 0 amide bonds. The summed E-state index contributed by atoms with van der Waals surface area (Å²) in [5, 5.41) is 0. The average Bonchev–Trinajstić information content (AvgIpc) is 2.66. The molecule has 0 bridgehead atoms. The molecule has 0 aliphatic carbocycles. The lowest BCUT2D eigenvalue weighted by molar-refractivity contribution is -0.0154. The molecular formula is C21H22BrNO2. The van der Waals surface area contributed by atoms with E-state index in [2.05, 4.69) is 39.9 Å². The van der Waals surface area contributed by atoms with Crippen molar-refractivity contribution >= 4 is 21.7 Å². The highest BCUT2D eigenvalue weighted by molar-refractivity contribution is 9.10. The summed E-state index contributed by atoms with van der Waals surface area (Å²) in [7, 11) is 0. The Balaban J connectivity index is 1.85. The van der Waals surface area contributed by atoms with Crippen LogP contribution in [0, 0.1) is 0 Å². The van der Waals surface area contributed by atoms with Crippen LogP contribution < -0.4 is 4.74 Å². The van der Waals surface area contributed by atoms with E-state index in [9.17, 15) is 4.79 Å². The molecule has 0 unspecified atom stereocenters. The van der Waals surface area contributed by atoms with Gasteiger partial charge in [0.1, 0.15) is 17.4 Å². The Hall–Kier alpha value is -1.65. The van der Waals surface area contributed by atoms with E-state index in [1.807, 2.05) is 36.4 Å². The van der Waals surface area contributed by atoms with Crippen molar-refractivity contribution in [3.8, 4) is 5.75 Å². The maximum absolute atomic E-state index is 13.6. The van der Waals surface area contributed by atoms with Gasteiger partial charge in [0.2, 0.25) is 0 Å². The van der Waals surface area contributed by atoms with Gasteiger partial charge >= 0.3 is 0 Å². The summed E-state index contributed by atoms with van der Waals surface area (Å²) in [6.07, 6.45) is 3.21. The molecule has 0 saturated carbocycles. The van der Waals surface area contributed by atoms with Crippen molar-refractivity contribution in [3.63, 3.8) is 0 Å². The summed E-state index contributed by atoms with van der Waals surface area (Å²) in [6.45, 7) is 3.94. The highest BCUT2D eigenvalue weighted by Crippen LogP contribution is 2.45. The van der Waals surface area contributed by atoms with Crippen LogP contribution in [0.25, 0.3) is 0 Å². The Labute approximate surface area is 157 Å². The molecular weight excluding hydrogens is 378 g/mol. The zero-order chi connectivity index (χ0) is 17.4. The number of ketones is 1. The first kappa shape index (κ1) is 16.8. The molecule has 2 aliphatic rings. The summed E-state index contributed by atoms with van der Waals surface area (Å²) in [5.74, 6) is 0.836. The van der Waals surface area contributed by atoms with Gasteiger partial charge < -0.3 is 4.74 Å². The molecule has 3 nitrogen and oxygen atoms in total. The largest absolute Gasteiger partial charge is 0.483 e. The number of fused-ring (bicyclic) bond motifs is 1. The SMILES string of the molecule is C[C@@]1(N2CCCCC2)C(=O)c2cc(Br)ccc2O[C@@H]1c1ccccc1. The van der Waals surface area contributed by atoms with Crippen LogP contribution in [0.5, 0.6) is 5.75 Å². The van der Waals surface area contributed by atoms with E-state index < -0.39 is 5.54 Å². The van der Waals surface area contributed by atoms with Crippen LogP contribution in [-0.4, -0.2) is 29.3 Å². The molecule has 0 radical (unpaired) electrons. The van der Waals surface area contributed by atoms with Crippen LogP contribution in [-0.2, 0) is 0 Å². The Morgan fingerprint density at radius 3 is 2.52 bits per heavy atom. The topological polar surface area (TPSA) is 29.5 Å². The fourth-order valence-electron chi connectivity index (χ4n) is 4.10. The van der Waals surface area contributed by atoms with Gasteiger partial charge in [0.15, 0.2) is 5.78 Å². The first-order chi connectivity index (χ1) is 12.1. The van der Waals surface area contributed by atoms with Gasteiger partial charge in [-0.05, 0) is 56.6 Å². The van der Waals surface area contributed by atoms with Crippen LogP contribution in [0.4, 0.5) is 0 Å². The molecule has 25 heavy (non-hydrogen) atoms. The normalized spacial score (nSPS) is 26.8. The summed E-state index contributed by atoms with van der Waals surface area (Å²) in [5.41, 5.74) is 1.04. The summed E-state index contributed by atoms with van der Waals surface area (Å²) >= 11 is 3.49. The predicted octanol–water partition coefficient (Wildman–Crippen LogP) is 5.01. The number of carbonyl (C=O) groups excluding carboxylic acids is 1. The number of rotatable bonds is 2. The van der Waals surface area contributed by atoms with Crippen LogP contribution in [0.1, 0.15) is 48.2 Å².